The van der Waals surface area contributed by atoms with E-state index in [0.29, 0.717) is 12.4 Å². The van der Waals surface area contributed by atoms with Crippen molar-refractivity contribution in [2.75, 3.05) is 11.9 Å². The molecule has 0 atom stereocenters. The number of benzene rings is 3. The van der Waals surface area contributed by atoms with Crippen LogP contribution in [-0.4, -0.2) is 27.3 Å². The molecule has 0 aliphatic carbocycles. The number of nitrogens with zero attached hydrogens (tertiary/aromatic N) is 3. The monoisotopic (exact) mass is 426 g/mol. The highest BCUT2D eigenvalue weighted by molar-refractivity contribution is 6.02. The predicted octanol–water partition coefficient (Wildman–Crippen LogP) is 5.51. The molecular formula is C26H26N4O2. The van der Waals surface area contributed by atoms with Crippen LogP contribution in [0.4, 0.5) is 5.69 Å². The van der Waals surface area contributed by atoms with Gasteiger partial charge in [-0.15, -0.1) is 5.10 Å². The van der Waals surface area contributed by atoms with Crippen molar-refractivity contribution in [2.24, 2.45) is 0 Å². The predicted molar refractivity (Wildman–Crippen MR) is 127 cm³/mol. The Morgan fingerprint density at radius 1 is 0.969 bits per heavy atom. The van der Waals surface area contributed by atoms with E-state index in [-0.39, 0.29) is 11.7 Å². The summed E-state index contributed by atoms with van der Waals surface area (Å²) in [5.74, 6) is 1.13. The summed E-state index contributed by atoms with van der Waals surface area (Å²) < 4.78 is 7.24. The van der Waals surface area contributed by atoms with Crippen LogP contribution >= 0.6 is 0 Å². The molecule has 0 saturated carbocycles. The fourth-order valence-electron chi connectivity index (χ4n) is 3.39. The van der Waals surface area contributed by atoms with Crippen molar-refractivity contribution in [1.82, 2.24) is 14.8 Å². The molecule has 162 valence electrons. The molecule has 0 fully saturated rings. The van der Waals surface area contributed by atoms with Gasteiger partial charge in [-0.05, 0) is 69.2 Å². The van der Waals surface area contributed by atoms with Gasteiger partial charge in [0.25, 0.3) is 5.91 Å². The van der Waals surface area contributed by atoms with Gasteiger partial charge in [-0.2, -0.15) is 0 Å². The number of aromatic nitrogens is 3. The lowest BCUT2D eigenvalue weighted by Gasteiger charge is -2.08. The first-order chi connectivity index (χ1) is 15.5. The molecule has 1 heterocycles. The fraction of sp³-hybridized carbons (Fsp3) is 0.192. The molecule has 4 rings (SSSR count). The molecule has 1 N–H and O–H groups in total. The highest BCUT2D eigenvalue weighted by atomic mass is 16.5. The van der Waals surface area contributed by atoms with Crippen molar-refractivity contribution >= 4 is 11.6 Å². The maximum Gasteiger partial charge on any atom is 0.295 e. The fourth-order valence-corrected chi connectivity index (χ4v) is 3.39. The lowest BCUT2D eigenvalue weighted by atomic mass is 10.1. The van der Waals surface area contributed by atoms with Crippen LogP contribution in [0.5, 0.6) is 5.75 Å². The number of amides is 1. The summed E-state index contributed by atoms with van der Waals surface area (Å²) in [7, 11) is 0. The van der Waals surface area contributed by atoms with E-state index in [4.69, 9.17) is 4.74 Å². The van der Waals surface area contributed by atoms with Gasteiger partial charge in [0, 0.05) is 11.3 Å². The number of nitrogens with one attached hydrogen (secondary N) is 1. The lowest BCUT2D eigenvalue weighted by Crippen LogP contribution is -2.15. The molecule has 0 saturated heterocycles. The Morgan fingerprint density at radius 3 is 2.38 bits per heavy atom. The van der Waals surface area contributed by atoms with E-state index in [1.165, 1.54) is 0 Å². The van der Waals surface area contributed by atoms with Crippen molar-refractivity contribution in [3.63, 3.8) is 0 Å². The van der Waals surface area contributed by atoms with E-state index in [1.807, 2.05) is 94.4 Å². The van der Waals surface area contributed by atoms with Gasteiger partial charge in [-0.3, -0.25) is 4.79 Å². The van der Waals surface area contributed by atoms with Gasteiger partial charge in [0.2, 0.25) is 5.82 Å². The van der Waals surface area contributed by atoms with Gasteiger partial charge in [-0.1, -0.05) is 42.0 Å². The Bertz CT molecular complexity index is 1240. The zero-order valence-electron chi connectivity index (χ0n) is 18.7. The first-order valence-corrected chi connectivity index (χ1v) is 10.6. The van der Waals surface area contributed by atoms with E-state index in [1.54, 1.807) is 4.68 Å². The van der Waals surface area contributed by atoms with Gasteiger partial charge in [0.1, 0.15) is 5.75 Å². The average Bonchev–Trinajstić information content (AvgIpc) is 3.24. The van der Waals surface area contributed by atoms with Gasteiger partial charge in [0.05, 0.1) is 12.3 Å². The van der Waals surface area contributed by atoms with Crippen LogP contribution in [0, 0.1) is 20.8 Å². The van der Waals surface area contributed by atoms with Crippen LogP contribution < -0.4 is 10.1 Å². The van der Waals surface area contributed by atoms with Crippen LogP contribution in [0.15, 0.2) is 66.7 Å². The van der Waals surface area contributed by atoms with Crippen molar-refractivity contribution < 1.29 is 9.53 Å². The second-order valence-corrected chi connectivity index (χ2v) is 7.67. The molecule has 0 unspecified atom stereocenters. The number of hydrogen-bond donors (Lipinski definition) is 1. The molecule has 6 heteroatoms. The topological polar surface area (TPSA) is 69.0 Å². The maximum atomic E-state index is 13.0. The number of carbonyl (C=O) groups excluding carboxylic acids is 1. The van der Waals surface area contributed by atoms with Crippen LogP contribution in [0.2, 0.25) is 0 Å². The van der Waals surface area contributed by atoms with E-state index in [0.717, 1.165) is 39.4 Å². The molecular weight excluding hydrogens is 400 g/mol. The smallest absolute Gasteiger partial charge is 0.295 e. The van der Waals surface area contributed by atoms with Crippen LogP contribution in [0.1, 0.15) is 34.2 Å². The first-order valence-electron chi connectivity index (χ1n) is 10.6. The minimum atomic E-state index is -0.350. The quantitative estimate of drug-likeness (QED) is 0.441. The Balaban J connectivity index is 1.74. The van der Waals surface area contributed by atoms with E-state index in [2.05, 4.69) is 15.4 Å². The van der Waals surface area contributed by atoms with Gasteiger partial charge < -0.3 is 10.1 Å². The molecule has 0 aliphatic rings. The lowest BCUT2D eigenvalue weighted by molar-refractivity contribution is 0.101. The average molecular weight is 427 g/mol. The molecule has 1 amide bonds. The Kier molecular flexibility index (Phi) is 6.03. The highest BCUT2D eigenvalue weighted by Crippen LogP contribution is 2.24. The summed E-state index contributed by atoms with van der Waals surface area (Å²) in [6, 6.07) is 21.4. The van der Waals surface area contributed by atoms with Crippen molar-refractivity contribution in [3.8, 4) is 22.8 Å². The molecule has 4 aromatic rings. The molecule has 0 aliphatic heterocycles. The van der Waals surface area contributed by atoms with Gasteiger partial charge in [0.15, 0.2) is 5.82 Å². The number of anilines is 1. The SMILES string of the molecule is CCOc1ccc(-n2nc(C(=O)Nc3cccc(C)c3C)nc2-c2ccc(C)cc2)cc1. The minimum Gasteiger partial charge on any atom is -0.494 e. The third-order valence-electron chi connectivity index (χ3n) is 5.37. The minimum absolute atomic E-state index is 0.107. The summed E-state index contributed by atoms with van der Waals surface area (Å²) in [6.07, 6.45) is 0. The first kappa shape index (κ1) is 21.3. The Labute approximate surface area is 187 Å². The van der Waals surface area contributed by atoms with E-state index >= 15 is 0 Å². The van der Waals surface area contributed by atoms with Crippen LogP contribution in [0.3, 0.4) is 0 Å². The summed E-state index contributed by atoms with van der Waals surface area (Å²) in [4.78, 5) is 17.6. The zero-order chi connectivity index (χ0) is 22.7. The molecule has 0 bridgehead atoms. The molecule has 0 radical (unpaired) electrons. The molecule has 32 heavy (non-hydrogen) atoms. The third-order valence-corrected chi connectivity index (χ3v) is 5.37. The van der Waals surface area contributed by atoms with Gasteiger partial charge in [-0.25, -0.2) is 9.67 Å². The molecule has 3 aromatic carbocycles. The Morgan fingerprint density at radius 2 is 1.69 bits per heavy atom. The number of carbonyl (C=O) groups is 1. The van der Waals surface area contributed by atoms with Crippen molar-refractivity contribution in [1.29, 1.82) is 0 Å². The number of rotatable bonds is 6. The zero-order valence-corrected chi connectivity index (χ0v) is 18.7. The number of ether oxygens (including phenoxy) is 1. The number of aryl methyl sites for hydroxylation is 2. The van der Waals surface area contributed by atoms with E-state index in [9.17, 15) is 4.79 Å². The maximum absolute atomic E-state index is 13.0. The summed E-state index contributed by atoms with van der Waals surface area (Å²) in [5.41, 5.74) is 5.70. The summed E-state index contributed by atoms with van der Waals surface area (Å²) >= 11 is 0. The largest absolute Gasteiger partial charge is 0.494 e. The van der Waals surface area contributed by atoms with Crippen LogP contribution in [-0.2, 0) is 0 Å². The molecule has 1 aromatic heterocycles. The number of hydrogen-bond acceptors (Lipinski definition) is 4. The second-order valence-electron chi connectivity index (χ2n) is 7.67. The third kappa shape index (κ3) is 4.39. The molecule has 0 spiro atoms. The van der Waals surface area contributed by atoms with E-state index < -0.39 is 0 Å². The van der Waals surface area contributed by atoms with Crippen molar-refractivity contribution in [2.45, 2.75) is 27.7 Å². The van der Waals surface area contributed by atoms with Crippen LogP contribution in [0.25, 0.3) is 17.1 Å². The molecule has 6 nitrogen and oxygen atoms in total. The highest BCUT2D eigenvalue weighted by Gasteiger charge is 2.19. The second kappa shape index (κ2) is 9.06. The van der Waals surface area contributed by atoms with Gasteiger partial charge >= 0.3 is 0 Å². The van der Waals surface area contributed by atoms with Crippen molar-refractivity contribution in [3.05, 3.63) is 89.2 Å². The standard InChI is InChI=1S/C26H26N4O2/c1-5-32-22-15-13-21(14-16-22)30-25(20-11-9-17(2)10-12-20)28-24(29-30)26(31)27-23-8-6-7-18(3)19(23)4/h6-16H,5H2,1-4H3,(H,27,31). The summed E-state index contributed by atoms with van der Waals surface area (Å²) in [6.45, 7) is 8.57. The normalized spacial score (nSPS) is 10.8. The Hall–Kier alpha value is -3.93. The summed E-state index contributed by atoms with van der Waals surface area (Å²) in [5, 5.41) is 7.50.